The largest absolute Gasteiger partial charge is 0.471 e. The highest BCUT2D eigenvalue weighted by molar-refractivity contribution is 5.81. The maximum absolute atomic E-state index is 13.8. The molecule has 1 saturated carbocycles. The van der Waals surface area contributed by atoms with E-state index in [1.807, 2.05) is 18.3 Å². The maximum atomic E-state index is 13.8. The number of hydrogen-bond donors (Lipinski definition) is 3. The van der Waals surface area contributed by atoms with Crippen LogP contribution in [0.25, 0.3) is 0 Å². The van der Waals surface area contributed by atoms with Gasteiger partial charge < -0.3 is 25.2 Å². The van der Waals surface area contributed by atoms with Crippen LogP contribution in [0.1, 0.15) is 80.3 Å². The average Bonchev–Trinajstić information content (AvgIpc) is 3.04. The van der Waals surface area contributed by atoms with Crippen LogP contribution in [0.4, 0.5) is 4.39 Å². The average molecular weight is 659 g/mol. The normalized spacial score (nSPS) is 21.9. The molecule has 1 aliphatic carbocycles. The second-order valence-corrected chi connectivity index (χ2v) is 15.3. The van der Waals surface area contributed by atoms with Gasteiger partial charge in [0.1, 0.15) is 17.5 Å². The van der Waals surface area contributed by atoms with E-state index in [0.717, 1.165) is 61.9 Å². The lowest BCUT2D eigenvalue weighted by atomic mass is 9.73. The number of amides is 1. The number of nitrogens with zero attached hydrogens (tertiary/aromatic N) is 2. The third kappa shape index (κ3) is 8.61. The van der Waals surface area contributed by atoms with Crippen LogP contribution in [0.3, 0.4) is 0 Å². The third-order valence-corrected chi connectivity index (χ3v) is 10.0. The van der Waals surface area contributed by atoms with Crippen LogP contribution in [0.2, 0.25) is 0 Å². The van der Waals surface area contributed by atoms with Gasteiger partial charge in [-0.2, -0.15) is 0 Å². The number of ether oxygens (including phenoxy) is 2. The van der Waals surface area contributed by atoms with Gasteiger partial charge in [-0.25, -0.2) is 9.37 Å². The Morgan fingerprint density at radius 3 is 2.62 bits per heavy atom. The van der Waals surface area contributed by atoms with E-state index in [4.69, 9.17) is 14.5 Å². The molecule has 3 aliphatic rings. The van der Waals surface area contributed by atoms with Crippen molar-refractivity contribution in [1.82, 2.24) is 20.5 Å². The Morgan fingerprint density at radius 2 is 1.92 bits per heavy atom. The van der Waals surface area contributed by atoms with Gasteiger partial charge in [-0.3, -0.25) is 9.69 Å². The van der Waals surface area contributed by atoms with E-state index in [0.29, 0.717) is 25.5 Å². The van der Waals surface area contributed by atoms with E-state index >= 15 is 0 Å². The Hall–Kier alpha value is -3.37. The molecule has 258 valence electrons. The van der Waals surface area contributed by atoms with Crippen molar-refractivity contribution in [2.45, 2.75) is 103 Å². The SMILES string of the molecule is Cc1ccccc1CN1CCO[C@H](C(=O)N[C@@H](Cc2ccc(F)cc2)[C@@H](O)CN[C@H]2CC3(CCC3)Oc3ncc(CC(C)(C)C)cc32)C1. The van der Waals surface area contributed by atoms with Crippen LogP contribution in [0.5, 0.6) is 5.88 Å². The van der Waals surface area contributed by atoms with Crippen molar-refractivity contribution >= 4 is 5.91 Å². The van der Waals surface area contributed by atoms with E-state index in [9.17, 15) is 14.3 Å². The first-order valence-electron chi connectivity index (χ1n) is 17.5. The van der Waals surface area contributed by atoms with E-state index < -0.39 is 18.2 Å². The minimum atomic E-state index is -0.917. The summed E-state index contributed by atoms with van der Waals surface area (Å²) in [6.07, 6.45) is 5.50. The van der Waals surface area contributed by atoms with Gasteiger partial charge in [0.25, 0.3) is 5.91 Å². The Balaban J connectivity index is 1.15. The zero-order chi connectivity index (χ0) is 33.9. The van der Waals surface area contributed by atoms with Gasteiger partial charge in [0.15, 0.2) is 0 Å². The molecule has 1 aromatic heterocycles. The van der Waals surface area contributed by atoms with Crippen molar-refractivity contribution in [1.29, 1.82) is 0 Å². The predicted molar refractivity (Wildman–Crippen MR) is 184 cm³/mol. The molecular formula is C39H51FN4O4. The molecule has 2 aromatic carbocycles. The van der Waals surface area contributed by atoms with Crippen molar-refractivity contribution in [3.63, 3.8) is 0 Å². The number of carbonyl (C=O) groups is 1. The fraction of sp³-hybridized carbons (Fsp3) is 0.538. The zero-order valence-electron chi connectivity index (χ0n) is 28.8. The smallest absolute Gasteiger partial charge is 0.250 e. The molecule has 1 amide bonds. The van der Waals surface area contributed by atoms with Crippen LogP contribution < -0.4 is 15.4 Å². The van der Waals surface area contributed by atoms with Crippen molar-refractivity contribution in [2.24, 2.45) is 5.41 Å². The topological polar surface area (TPSA) is 96.0 Å². The number of fused-ring (bicyclic) bond motifs is 1. The lowest BCUT2D eigenvalue weighted by Crippen LogP contribution is -2.56. The Morgan fingerprint density at radius 1 is 1.15 bits per heavy atom. The summed E-state index contributed by atoms with van der Waals surface area (Å²) in [6, 6.07) is 16.0. The van der Waals surface area contributed by atoms with E-state index in [1.54, 1.807) is 12.1 Å². The molecular weight excluding hydrogens is 607 g/mol. The number of benzene rings is 2. The van der Waals surface area contributed by atoms with Gasteiger partial charge in [-0.1, -0.05) is 57.2 Å². The van der Waals surface area contributed by atoms with Crippen LogP contribution in [0.15, 0.2) is 60.8 Å². The van der Waals surface area contributed by atoms with Gasteiger partial charge >= 0.3 is 0 Å². The Kier molecular flexibility index (Phi) is 10.5. The number of aromatic nitrogens is 1. The Labute approximate surface area is 284 Å². The fourth-order valence-electron chi connectivity index (χ4n) is 7.22. The highest BCUT2D eigenvalue weighted by Gasteiger charge is 2.46. The summed E-state index contributed by atoms with van der Waals surface area (Å²) in [4.78, 5) is 20.7. The van der Waals surface area contributed by atoms with Gasteiger partial charge in [0.2, 0.25) is 5.88 Å². The number of halogens is 1. The molecule has 1 saturated heterocycles. The molecule has 6 rings (SSSR count). The lowest BCUT2D eigenvalue weighted by molar-refractivity contribution is -0.140. The zero-order valence-corrected chi connectivity index (χ0v) is 28.8. The highest BCUT2D eigenvalue weighted by Crippen LogP contribution is 2.48. The molecule has 2 aliphatic heterocycles. The number of rotatable bonds is 11. The molecule has 48 heavy (non-hydrogen) atoms. The second kappa shape index (κ2) is 14.6. The molecule has 3 aromatic rings. The fourth-order valence-corrected chi connectivity index (χ4v) is 7.22. The second-order valence-electron chi connectivity index (χ2n) is 15.3. The van der Waals surface area contributed by atoms with E-state index in [1.165, 1.54) is 23.3 Å². The van der Waals surface area contributed by atoms with Crippen molar-refractivity contribution in [3.8, 4) is 5.88 Å². The number of morpholine rings is 1. The van der Waals surface area contributed by atoms with Gasteiger partial charge in [0, 0.05) is 50.4 Å². The van der Waals surface area contributed by atoms with Crippen LogP contribution in [0, 0.1) is 18.2 Å². The van der Waals surface area contributed by atoms with Gasteiger partial charge in [0.05, 0.1) is 18.8 Å². The number of aryl methyl sites for hydroxylation is 1. The maximum Gasteiger partial charge on any atom is 0.250 e. The Bertz CT molecular complexity index is 1550. The number of nitrogens with one attached hydrogen (secondary N) is 2. The monoisotopic (exact) mass is 658 g/mol. The highest BCUT2D eigenvalue weighted by atomic mass is 19.1. The van der Waals surface area contributed by atoms with Crippen LogP contribution in [-0.4, -0.2) is 71.0 Å². The summed E-state index contributed by atoms with van der Waals surface area (Å²) in [6.45, 7) is 11.4. The summed E-state index contributed by atoms with van der Waals surface area (Å²) in [5.74, 6) is 0.0939. The van der Waals surface area contributed by atoms with Crippen LogP contribution >= 0.6 is 0 Å². The first kappa shape index (κ1) is 34.5. The summed E-state index contributed by atoms with van der Waals surface area (Å²) in [5.41, 5.74) is 5.35. The summed E-state index contributed by atoms with van der Waals surface area (Å²) in [7, 11) is 0. The van der Waals surface area contributed by atoms with Crippen molar-refractivity contribution in [2.75, 3.05) is 26.2 Å². The number of pyridine rings is 1. The molecule has 0 unspecified atom stereocenters. The molecule has 2 fully saturated rings. The van der Waals surface area contributed by atoms with E-state index in [2.05, 4.69) is 61.4 Å². The number of carbonyl (C=O) groups excluding carboxylic acids is 1. The molecule has 9 heteroatoms. The number of aliphatic hydroxyl groups is 1. The van der Waals surface area contributed by atoms with E-state index in [-0.39, 0.29) is 35.3 Å². The molecule has 8 nitrogen and oxygen atoms in total. The van der Waals surface area contributed by atoms with Gasteiger partial charge in [-0.15, -0.1) is 0 Å². The molecule has 3 heterocycles. The van der Waals surface area contributed by atoms with Crippen molar-refractivity contribution in [3.05, 3.63) is 94.4 Å². The quantitative estimate of drug-likeness (QED) is 0.253. The van der Waals surface area contributed by atoms with Crippen molar-refractivity contribution < 1.29 is 23.8 Å². The summed E-state index contributed by atoms with van der Waals surface area (Å²) < 4.78 is 26.2. The molecule has 0 bridgehead atoms. The standard InChI is InChI=1S/C39H51FN4O4/c1-26-8-5-6-9-29(26)24-44-16-17-47-35(25-44)36(46)43-32(19-27-10-12-30(40)13-11-27)34(45)23-41-33-21-39(14-7-15-39)48-37-31(33)18-28(22-42-37)20-38(2,3)4/h5-6,8-13,18,22,32-35,41,45H,7,14-17,19-21,23-25H2,1-4H3,(H,43,46)/t32-,33-,34-,35-/m0/s1. The first-order valence-corrected chi connectivity index (χ1v) is 17.5. The first-order chi connectivity index (χ1) is 23.0. The number of aliphatic hydroxyl groups excluding tert-OH is 1. The predicted octanol–water partition coefficient (Wildman–Crippen LogP) is 5.44. The third-order valence-electron chi connectivity index (χ3n) is 10.0. The molecule has 4 atom stereocenters. The minimum absolute atomic E-state index is 0.0463. The molecule has 1 spiro atoms. The molecule has 0 radical (unpaired) electrons. The lowest BCUT2D eigenvalue weighted by Gasteiger charge is -2.47. The summed E-state index contributed by atoms with van der Waals surface area (Å²) >= 11 is 0. The van der Waals surface area contributed by atoms with Crippen LogP contribution in [-0.2, 0) is 28.9 Å². The minimum Gasteiger partial charge on any atom is -0.471 e. The van der Waals surface area contributed by atoms with Gasteiger partial charge in [-0.05, 0) is 84.9 Å². The molecule has 3 N–H and O–H groups in total. The summed E-state index contributed by atoms with van der Waals surface area (Å²) in [5, 5.41) is 18.4. The number of hydrogen-bond acceptors (Lipinski definition) is 7.